The van der Waals surface area contributed by atoms with Gasteiger partial charge in [0, 0.05) is 0 Å². The summed E-state index contributed by atoms with van der Waals surface area (Å²) in [5.41, 5.74) is 1.38. The second-order valence-corrected chi connectivity index (χ2v) is 5.34. The van der Waals surface area contributed by atoms with Crippen LogP contribution in [-0.2, 0) is 19.2 Å². The summed E-state index contributed by atoms with van der Waals surface area (Å²) in [7, 11) is 0. The molecule has 11 nitrogen and oxygen atoms in total. The number of nitrogens with one attached hydrogen (secondary N) is 1. The van der Waals surface area contributed by atoms with Crippen LogP contribution in [-0.4, -0.2) is 66.7 Å². The van der Waals surface area contributed by atoms with Gasteiger partial charge in [0.15, 0.2) is 0 Å². The third kappa shape index (κ3) is 6.18. The van der Waals surface area contributed by atoms with Gasteiger partial charge >= 0.3 is 23.9 Å². The minimum atomic E-state index is -2.28. The van der Waals surface area contributed by atoms with Crippen molar-refractivity contribution in [1.29, 1.82) is 0 Å². The minimum Gasteiger partial charge on any atom is -0.481 e. The van der Waals surface area contributed by atoms with Crippen LogP contribution in [0, 0.1) is 0 Å². The zero-order valence-electron chi connectivity index (χ0n) is 12.4. The monoisotopic (exact) mass is 336 g/mol. The first kappa shape index (κ1) is 20.8. The number of nitrogens with two attached hydrogens (primary N) is 1. The first-order valence-corrected chi connectivity index (χ1v) is 6.45. The zero-order valence-corrected chi connectivity index (χ0v) is 12.4. The fraction of sp³-hybridized carbons (Fsp3) is 0.667. The Labute approximate surface area is 130 Å². The first-order chi connectivity index (χ1) is 10.3. The van der Waals surface area contributed by atoms with Crippen LogP contribution >= 0.6 is 0 Å². The maximum absolute atomic E-state index is 11.1. The Kier molecular flexibility index (Phi) is 7.09. The summed E-state index contributed by atoms with van der Waals surface area (Å²) >= 11 is 0. The van der Waals surface area contributed by atoms with Crippen molar-refractivity contribution >= 4 is 23.9 Å². The molecule has 0 bridgehead atoms. The lowest BCUT2D eigenvalue weighted by Gasteiger charge is -2.47. The van der Waals surface area contributed by atoms with Crippen molar-refractivity contribution in [2.75, 3.05) is 0 Å². The summed E-state index contributed by atoms with van der Waals surface area (Å²) in [6.07, 6.45) is -5.49. The smallest absolute Gasteiger partial charge is 0.305 e. The molecule has 0 rings (SSSR count). The SMILES string of the molecule is CC(O)NC(CC(=O)O)(CC(=O)O)C(N)(CC(=O)O)CC(=O)O. The maximum Gasteiger partial charge on any atom is 0.305 e. The Hall–Kier alpha value is -2.24. The van der Waals surface area contributed by atoms with E-state index in [4.69, 9.17) is 26.2 Å². The standard InChI is InChI=1S/C12H20N2O9/c1-6(15)14-12(4-9(20)21,5-10(22)23)11(13,2-7(16)17)3-8(18)19/h6,14-15H,2-5,13H2,1H3,(H,16,17)(H,18,19)(H,20,21)(H,22,23). The van der Waals surface area contributed by atoms with Crippen LogP contribution in [0.15, 0.2) is 0 Å². The quantitative estimate of drug-likeness (QED) is 0.210. The molecule has 0 saturated heterocycles. The van der Waals surface area contributed by atoms with Crippen molar-refractivity contribution in [3.05, 3.63) is 0 Å². The molecule has 0 spiro atoms. The van der Waals surface area contributed by atoms with Crippen LogP contribution in [0.5, 0.6) is 0 Å². The molecule has 0 fully saturated rings. The highest BCUT2D eigenvalue weighted by atomic mass is 16.4. The van der Waals surface area contributed by atoms with Crippen molar-refractivity contribution in [3.63, 3.8) is 0 Å². The van der Waals surface area contributed by atoms with Crippen molar-refractivity contribution < 1.29 is 44.7 Å². The van der Waals surface area contributed by atoms with Crippen molar-refractivity contribution in [1.82, 2.24) is 5.32 Å². The van der Waals surface area contributed by atoms with Crippen LogP contribution in [0.25, 0.3) is 0 Å². The number of aliphatic carboxylic acids is 4. The molecule has 1 atom stereocenters. The van der Waals surface area contributed by atoms with Gasteiger partial charge < -0.3 is 31.3 Å². The molecule has 0 aromatic heterocycles. The molecule has 0 radical (unpaired) electrons. The number of hydrogen-bond acceptors (Lipinski definition) is 7. The Bertz CT molecular complexity index is 457. The van der Waals surface area contributed by atoms with Gasteiger partial charge in [-0.25, -0.2) is 0 Å². The van der Waals surface area contributed by atoms with Crippen LogP contribution < -0.4 is 11.1 Å². The number of rotatable bonds is 11. The van der Waals surface area contributed by atoms with E-state index in [1.807, 2.05) is 0 Å². The molecule has 8 N–H and O–H groups in total. The summed E-state index contributed by atoms with van der Waals surface area (Å²) in [6.45, 7) is 1.14. The highest BCUT2D eigenvalue weighted by Crippen LogP contribution is 2.34. The van der Waals surface area contributed by atoms with Crippen LogP contribution in [0.1, 0.15) is 32.6 Å². The maximum atomic E-state index is 11.1. The number of carboxylic acids is 4. The Morgan fingerprint density at radius 2 is 1.17 bits per heavy atom. The number of carbonyl (C=O) groups is 4. The molecule has 23 heavy (non-hydrogen) atoms. The van der Waals surface area contributed by atoms with E-state index < -0.39 is 66.9 Å². The van der Waals surface area contributed by atoms with E-state index in [0.29, 0.717) is 0 Å². The lowest BCUT2D eigenvalue weighted by molar-refractivity contribution is -0.152. The molecular formula is C12H20N2O9. The second-order valence-electron chi connectivity index (χ2n) is 5.34. The van der Waals surface area contributed by atoms with Gasteiger partial charge in [0.05, 0.1) is 36.8 Å². The predicted molar refractivity (Wildman–Crippen MR) is 73.5 cm³/mol. The largest absolute Gasteiger partial charge is 0.481 e. The molecule has 0 aliphatic carbocycles. The molecule has 0 aliphatic rings. The number of hydrogen-bond donors (Lipinski definition) is 7. The van der Waals surface area contributed by atoms with Gasteiger partial charge in [-0.2, -0.15) is 0 Å². The fourth-order valence-corrected chi connectivity index (χ4v) is 2.52. The van der Waals surface area contributed by atoms with E-state index in [-0.39, 0.29) is 0 Å². The Morgan fingerprint density at radius 3 is 1.39 bits per heavy atom. The van der Waals surface area contributed by atoms with Gasteiger partial charge in [-0.05, 0) is 6.92 Å². The fourth-order valence-electron chi connectivity index (χ4n) is 2.52. The van der Waals surface area contributed by atoms with E-state index in [9.17, 15) is 24.3 Å². The minimum absolute atomic E-state index is 0.999. The highest BCUT2D eigenvalue weighted by molar-refractivity contribution is 5.78. The number of aliphatic hydroxyl groups excluding tert-OH is 1. The molecule has 0 aromatic carbocycles. The zero-order chi connectivity index (χ0) is 18.4. The average molecular weight is 336 g/mol. The third-order valence-electron chi connectivity index (χ3n) is 3.28. The van der Waals surface area contributed by atoms with Gasteiger partial charge in [0.25, 0.3) is 0 Å². The third-order valence-corrected chi connectivity index (χ3v) is 3.28. The van der Waals surface area contributed by atoms with Gasteiger partial charge in [-0.15, -0.1) is 0 Å². The summed E-state index contributed by atoms with van der Waals surface area (Å²) < 4.78 is 0. The first-order valence-electron chi connectivity index (χ1n) is 6.45. The highest BCUT2D eigenvalue weighted by Gasteiger charge is 2.54. The van der Waals surface area contributed by atoms with Crippen molar-refractivity contribution in [2.24, 2.45) is 5.73 Å². The van der Waals surface area contributed by atoms with Crippen LogP contribution in [0.3, 0.4) is 0 Å². The number of aliphatic hydroxyl groups is 1. The number of carboxylic acid groups (broad SMARTS) is 4. The normalized spacial score (nSPS) is 13.3. The van der Waals surface area contributed by atoms with Gasteiger partial charge in [0.2, 0.25) is 0 Å². The molecule has 0 amide bonds. The molecule has 1 unspecified atom stereocenters. The lowest BCUT2D eigenvalue weighted by Crippen LogP contribution is -2.71. The Morgan fingerprint density at radius 1 is 0.870 bits per heavy atom. The predicted octanol–water partition coefficient (Wildman–Crippen LogP) is -1.75. The van der Waals surface area contributed by atoms with Crippen molar-refractivity contribution in [2.45, 2.75) is 49.9 Å². The summed E-state index contributed by atoms with van der Waals surface area (Å²) in [4.78, 5) is 44.3. The summed E-state index contributed by atoms with van der Waals surface area (Å²) in [6, 6.07) is 0. The lowest BCUT2D eigenvalue weighted by atomic mass is 9.68. The van der Waals surface area contributed by atoms with Crippen LogP contribution in [0.4, 0.5) is 0 Å². The van der Waals surface area contributed by atoms with E-state index in [1.165, 1.54) is 0 Å². The average Bonchev–Trinajstić information content (AvgIpc) is 2.22. The summed E-state index contributed by atoms with van der Waals surface area (Å²) in [5.74, 6) is -6.16. The van der Waals surface area contributed by atoms with Gasteiger partial charge in [0.1, 0.15) is 6.23 Å². The van der Waals surface area contributed by atoms with E-state index in [0.717, 1.165) is 6.92 Å². The van der Waals surface area contributed by atoms with E-state index in [1.54, 1.807) is 0 Å². The van der Waals surface area contributed by atoms with E-state index >= 15 is 0 Å². The molecular weight excluding hydrogens is 316 g/mol. The molecule has 0 aliphatic heterocycles. The van der Waals surface area contributed by atoms with Crippen molar-refractivity contribution in [3.8, 4) is 0 Å². The van der Waals surface area contributed by atoms with E-state index in [2.05, 4.69) is 5.32 Å². The molecule has 11 heteroatoms. The molecule has 0 saturated carbocycles. The van der Waals surface area contributed by atoms with Gasteiger partial charge in [-0.1, -0.05) is 0 Å². The molecule has 132 valence electrons. The molecule has 0 heterocycles. The molecule has 0 aromatic rings. The Balaban J connectivity index is 6.21. The van der Waals surface area contributed by atoms with Gasteiger partial charge in [-0.3, -0.25) is 24.5 Å². The van der Waals surface area contributed by atoms with Crippen LogP contribution in [0.2, 0.25) is 0 Å². The topological polar surface area (TPSA) is 207 Å². The summed E-state index contributed by atoms with van der Waals surface area (Å²) in [5, 5.41) is 47.8. The second kappa shape index (κ2) is 7.85.